The quantitative estimate of drug-likeness (QED) is 0.394. The van der Waals surface area contributed by atoms with Gasteiger partial charge in [0.25, 0.3) is 0 Å². The Bertz CT molecular complexity index is 1220. The van der Waals surface area contributed by atoms with Crippen molar-refractivity contribution in [2.24, 2.45) is 5.73 Å². The Balaban J connectivity index is 1.63. The summed E-state index contributed by atoms with van der Waals surface area (Å²) >= 11 is 1.11. The van der Waals surface area contributed by atoms with E-state index in [1.54, 1.807) is 17.8 Å². The molecule has 0 spiro atoms. The zero-order valence-electron chi connectivity index (χ0n) is 15.9. The predicted molar refractivity (Wildman–Crippen MR) is 113 cm³/mol. The number of H-pyrrole nitrogens is 1. The van der Waals surface area contributed by atoms with Gasteiger partial charge in [-0.2, -0.15) is 0 Å². The van der Waals surface area contributed by atoms with Crippen LogP contribution in [0.5, 0.6) is 0 Å². The molecule has 0 aliphatic heterocycles. The lowest BCUT2D eigenvalue weighted by atomic mass is 10.00. The third-order valence-corrected chi connectivity index (χ3v) is 5.69. The second kappa shape index (κ2) is 8.21. The fraction of sp³-hybridized carbons (Fsp3) is 0.143. The molecule has 2 heterocycles. The van der Waals surface area contributed by atoms with Crippen molar-refractivity contribution in [3.63, 3.8) is 0 Å². The van der Waals surface area contributed by atoms with E-state index in [1.807, 2.05) is 12.1 Å². The number of fused-ring (bicyclic) bond motifs is 1. The van der Waals surface area contributed by atoms with E-state index in [0.717, 1.165) is 22.4 Å². The van der Waals surface area contributed by atoms with Crippen molar-refractivity contribution < 1.29 is 18.3 Å². The van der Waals surface area contributed by atoms with E-state index in [0.29, 0.717) is 16.1 Å². The van der Waals surface area contributed by atoms with Crippen LogP contribution >= 0.6 is 11.3 Å². The van der Waals surface area contributed by atoms with Gasteiger partial charge in [-0.25, -0.2) is 18.6 Å². The number of thiophene rings is 1. The number of benzene rings is 2. The molecule has 2 aromatic carbocycles. The van der Waals surface area contributed by atoms with Crippen LogP contribution in [0.25, 0.3) is 22.2 Å². The van der Waals surface area contributed by atoms with Gasteiger partial charge in [-0.3, -0.25) is 0 Å². The molecule has 0 amide bonds. The molecule has 6 nitrogen and oxygen atoms in total. The van der Waals surface area contributed by atoms with Crippen LogP contribution in [0, 0.1) is 11.6 Å². The fourth-order valence-corrected chi connectivity index (χ4v) is 4.05. The number of imidazole rings is 1. The maximum atomic E-state index is 14.9. The molecule has 0 fully saturated rings. The minimum atomic E-state index is -0.996. The maximum Gasteiger partial charge on any atom is 0.348 e. The van der Waals surface area contributed by atoms with E-state index in [2.05, 4.69) is 20.0 Å². The summed E-state index contributed by atoms with van der Waals surface area (Å²) in [6, 6.07) is 9.28. The number of hydrogen-bond acceptors (Lipinski definition) is 6. The van der Waals surface area contributed by atoms with Crippen molar-refractivity contribution in [3.05, 3.63) is 70.2 Å². The standard InChI is InChI=1S/C21H18F2N4O2S/c1-29-21(28)18-6-11(9-30-18)13-3-4-14(20(23)19(13)22)17(8-24)27-12-2-5-15-16(7-12)26-10-25-15/h2-7,9-10,17,27H,8,24H2,1H3,(H,25,26). The van der Waals surface area contributed by atoms with E-state index in [9.17, 15) is 13.6 Å². The zero-order valence-corrected chi connectivity index (χ0v) is 16.7. The lowest BCUT2D eigenvalue weighted by molar-refractivity contribution is 0.0606. The number of aromatic nitrogens is 2. The van der Waals surface area contributed by atoms with Gasteiger partial charge in [-0.15, -0.1) is 11.3 Å². The number of nitrogens with two attached hydrogens (primary N) is 1. The van der Waals surface area contributed by atoms with Gasteiger partial charge in [0.1, 0.15) is 4.88 Å². The minimum absolute atomic E-state index is 0.0548. The summed E-state index contributed by atoms with van der Waals surface area (Å²) in [7, 11) is 1.26. The van der Waals surface area contributed by atoms with Crippen molar-refractivity contribution in [1.29, 1.82) is 0 Å². The summed E-state index contributed by atoms with van der Waals surface area (Å²) in [5, 5.41) is 4.72. The van der Waals surface area contributed by atoms with Crippen molar-refractivity contribution >= 4 is 34.0 Å². The monoisotopic (exact) mass is 428 g/mol. The molecule has 4 N–H and O–H groups in total. The number of methoxy groups -OCH3 is 1. The van der Waals surface area contributed by atoms with Gasteiger partial charge in [0.2, 0.25) is 0 Å². The Hall–Kier alpha value is -3.30. The summed E-state index contributed by atoms with van der Waals surface area (Å²) in [4.78, 5) is 19.1. The van der Waals surface area contributed by atoms with Gasteiger partial charge in [-0.05, 0) is 35.2 Å². The van der Waals surface area contributed by atoms with Gasteiger partial charge in [0, 0.05) is 23.4 Å². The molecule has 0 saturated carbocycles. The largest absolute Gasteiger partial charge is 0.465 e. The van der Waals surface area contributed by atoms with Gasteiger partial charge >= 0.3 is 5.97 Å². The molecule has 0 saturated heterocycles. The molecule has 1 atom stereocenters. The lowest BCUT2D eigenvalue weighted by Crippen LogP contribution is -2.22. The number of esters is 1. The van der Waals surface area contributed by atoms with Gasteiger partial charge < -0.3 is 20.8 Å². The van der Waals surface area contributed by atoms with Crippen LogP contribution in [-0.2, 0) is 4.74 Å². The number of anilines is 1. The summed E-state index contributed by atoms with van der Waals surface area (Å²) in [5.41, 5.74) is 8.74. The van der Waals surface area contributed by atoms with Crippen molar-refractivity contribution in [2.45, 2.75) is 6.04 Å². The zero-order chi connectivity index (χ0) is 21.3. The number of carbonyl (C=O) groups excluding carboxylic acids is 1. The molecule has 4 aromatic rings. The van der Waals surface area contributed by atoms with Crippen LogP contribution < -0.4 is 11.1 Å². The number of carbonyl (C=O) groups is 1. The minimum Gasteiger partial charge on any atom is -0.465 e. The maximum absolute atomic E-state index is 14.9. The number of halogens is 2. The number of rotatable bonds is 6. The molecular formula is C21H18F2N4O2S. The molecule has 9 heteroatoms. The van der Waals surface area contributed by atoms with Crippen LogP contribution in [-0.4, -0.2) is 29.6 Å². The average Bonchev–Trinajstić information content (AvgIpc) is 3.43. The summed E-state index contributed by atoms with van der Waals surface area (Å²) in [6.07, 6.45) is 1.58. The van der Waals surface area contributed by atoms with E-state index in [-0.39, 0.29) is 17.7 Å². The molecule has 0 aliphatic carbocycles. The Kier molecular flexibility index (Phi) is 5.47. The fourth-order valence-electron chi connectivity index (χ4n) is 3.23. The molecule has 1 unspecified atom stereocenters. The Morgan fingerprint density at radius 1 is 1.27 bits per heavy atom. The first-order valence-electron chi connectivity index (χ1n) is 9.06. The molecule has 4 rings (SSSR count). The average molecular weight is 428 g/mol. The lowest BCUT2D eigenvalue weighted by Gasteiger charge is -2.20. The molecule has 0 radical (unpaired) electrons. The smallest absolute Gasteiger partial charge is 0.348 e. The molecule has 30 heavy (non-hydrogen) atoms. The van der Waals surface area contributed by atoms with Crippen LogP contribution in [0.1, 0.15) is 21.3 Å². The second-order valence-corrected chi connectivity index (χ2v) is 7.50. The Morgan fingerprint density at radius 3 is 2.87 bits per heavy atom. The third kappa shape index (κ3) is 3.64. The third-order valence-electron chi connectivity index (χ3n) is 4.78. The Morgan fingerprint density at radius 2 is 2.10 bits per heavy atom. The van der Waals surface area contributed by atoms with E-state index in [1.165, 1.54) is 25.3 Å². The normalized spacial score (nSPS) is 12.1. The first-order chi connectivity index (χ1) is 14.5. The van der Waals surface area contributed by atoms with Gasteiger partial charge in [0.15, 0.2) is 11.6 Å². The highest BCUT2D eigenvalue weighted by Crippen LogP contribution is 2.33. The van der Waals surface area contributed by atoms with Gasteiger partial charge in [0.05, 0.1) is 30.5 Å². The summed E-state index contributed by atoms with van der Waals surface area (Å²) in [6.45, 7) is 0.0548. The van der Waals surface area contributed by atoms with Crippen LogP contribution in [0.2, 0.25) is 0 Å². The SMILES string of the molecule is COC(=O)c1cc(-c2ccc(C(CN)Nc3ccc4[nH]cnc4c3)c(F)c2F)cs1. The molecule has 0 bridgehead atoms. The summed E-state index contributed by atoms with van der Waals surface area (Å²) in [5.74, 6) is -2.50. The first-order valence-corrected chi connectivity index (χ1v) is 9.94. The highest BCUT2D eigenvalue weighted by atomic mass is 32.1. The van der Waals surface area contributed by atoms with Crippen molar-refractivity contribution in [1.82, 2.24) is 9.97 Å². The van der Waals surface area contributed by atoms with E-state index >= 15 is 0 Å². The summed E-state index contributed by atoms with van der Waals surface area (Å²) < 4.78 is 34.5. The highest BCUT2D eigenvalue weighted by Gasteiger charge is 2.22. The van der Waals surface area contributed by atoms with E-state index < -0.39 is 23.6 Å². The Labute approximate surface area is 174 Å². The molecule has 2 aromatic heterocycles. The predicted octanol–water partition coefficient (Wildman–Crippen LogP) is 4.47. The van der Waals surface area contributed by atoms with Crippen LogP contribution in [0.4, 0.5) is 14.5 Å². The number of ether oxygens (including phenoxy) is 1. The number of aromatic amines is 1. The molecule has 154 valence electrons. The van der Waals surface area contributed by atoms with Gasteiger partial charge in [-0.1, -0.05) is 12.1 Å². The molecular weight excluding hydrogens is 410 g/mol. The number of nitrogens with one attached hydrogen (secondary N) is 2. The van der Waals surface area contributed by atoms with E-state index in [4.69, 9.17) is 5.73 Å². The molecule has 0 aliphatic rings. The number of hydrogen-bond donors (Lipinski definition) is 3. The van der Waals surface area contributed by atoms with Crippen LogP contribution in [0.3, 0.4) is 0 Å². The van der Waals surface area contributed by atoms with Crippen molar-refractivity contribution in [3.8, 4) is 11.1 Å². The second-order valence-electron chi connectivity index (χ2n) is 6.59. The highest BCUT2D eigenvalue weighted by molar-refractivity contribution is 7.12. The van der Waals surface area contributed by atoms with Crippen molar-refractivity contribution in [2.75, 3.05) is 19.0 Å². The van der Waals surface area contributed by atoms with Crippen LogP contribution in [0.15, 0.2) is 48.1 Å². The first kappa shape index (κ1) is 20.0. The topological polar surface area (TPSA) is 93.0 Å². The number of nitrogens with zero attached hydrogens (tertiary/aromatic N) is 1.